The monoisotopic (exact) mass is 319 g/mol. The molecule has 0 radical (unpaired) electrons. The Morgan fingerprint density at radius 1 is 1.27 bits per heavy atom. The van der Waals surface area contributed by atoms with Crippen molar-refractivity contribution in [2.45, 2.75) is 6.92 Å². The van der Waals surface area contributed by atoms with Gasteiger partial charge < -0.3 is 9.84 Å². The maximum atomic E-state index is 11.8. The van der Waals surface area contributed by atoms with Crippen LogP contribution in [0.1, 0.15) is 25.6 Å². The Labute approximate surface area is 130 Å². The SMILES string of the molecule is Cc1ccc(C(=O)OCC(=O)NC(=O)c2cccs2)c(O)c1. The third kappa shape index (κ3) is 3.92. The molecule has 2 aromatic rings. The summed E-state index contributed by atoms with van der Waals surface area (Å²) in [6.07, 6.45) is 0. The molecule has 0 aliphatic rings. The van der Waals surface area contributed by atoms with Crippen LogP contribution in [0.25, 0.3) is 0 Å². The van der Waals surface area contributed by atoms with Crippen LogP contribution in [-0.2, 0) is 9.53 Å². The lowest BCUT2D eigenvalue weighted by Crippen LogP contribution is -2.33. The van der Waals surface area contributed by atoms with Crippen molar-refractivity contribution in [2.24, 2.45) is 0 Å². The maximum absolute atomic E-state index is 11.8. The molecular formula is C15H13NO5S. The molecule has 0 fully saturated rings. The Kier molecular flexibility index (Phi) is 4.90. The number of rotatable bonds is 4. The molecule has 22 heavy (non-hydrogen) atoms. The topological polar surface area (TPSA) is 92.7 Å². The molecule has 2 N–H and O–H groups in total. The fourth-order valence-electron chi connectivity index (χ4n) is 1.66. The van der Waals surface area contributed by atoms with E-state index in [0.717, 1.165) is 5.56 Å². The van der Waals surface area contributed by atoms with Crippen LogP contribution >= 0.6 is 11.3 Å². The van der Waals surface area contributed by atoms with E-state index < -0.39 is 24.4 Å². The van der Waals surface area contributed by atoms with Crippen LogP contribution in [0.4, 0.5) is 0 Å². The van der Waals surface area contributed by atoms with Crippen molar-refractivity contribution in [3.05, 3.63) is 51.7 Å². The van der Waals surface area contributed by atoms with Gasteiger partial charge in [-0.25, -0.2) is 4.79 Å². The summed E-state index contributed by atoms with van der Waals surface area (Å²) in [5.41, 5.74) is 0.747. The van der Waals surface area contributed by atoms with Crippen LogP contribution in [0.2, 0.25) is 0 Å². The van der Waals surface area contributed by atoms with Crippen molar-refractivity contribution in [2.75, 3.05) is 6.61 Å². The van der Waals surface area contributed by atoms with E-state index in [4.69, 9.17) is 4.74 Å². The van der Waals surface area contributed by atoms with Gasteiger partial charge in [0.25, 0.3) is 11.8 Å². The van der Waals surface area contributed by atoms with Crippen molar-refractivity contribution in [3.63, 3.8) is 0 Å². The van der Waals surface area contributed by atoms with E-state index in [2.05, 4.69) is 5.32 Å². The van der Waals surface area contributed by atoms with E-state index in [1.54, 1.807) is 30.5 Å². The number of hydrogen-bond acceptors (Lipinski definition) is 6. The molecule has 0 aliphatic carbocycles. The highest BCUT2D eigenvalue weighted by molar-refractivity contribution is 7.12. The summed E-state index contributed by atoms with van der Waals surface area (Å²) in [5.74, 6) is -2.34. The Hall–Kier alpha value is -2.67. The number of carbonyl (C=O) groups excluding carboxylic acids is 3. The summed E-state index contributed by atoms with van der Waals surface area (Å²) in [6.45, 7) is 1.15. The van der Waals surface area contributed by atoms with Crippen LogP contribution in [0.5, 0.6) is 5.75 Å². The number of thiophene rings is 1. The number of phenolic OH excluding ortho intramolecular Hbond substituents is 1. The largest absolute Gasteiger partial charge is 0.507 e. The molecule has 6 nitrogen and oxygen atoms in total. The van der Waals surface area contributed by atoms with Gasteiger partial charge in [-0.2, -0.15) is 0 Å². The number of aromatic hydroxyl groups is 1. The Morgan fingerprint density at radius 3 is 2.68 bits per heavy atom. The number of hydrogen-bond donors (Lipinski definition) is 2. The zero-order valence-electron chi connectivity index (χ0n) is 11.7. The second-order valence-electron chi connectivity index (χ2n) is 4.45. The van der Waals surface area contributed by atoms with Gasteiger partial charge in [0.15, 0.2) is 6.61 Å². The number of imide groups is 1. The minimum absolute atomic E-state index is 0.0389. The average Bonchev–Trinajstić information content (AvgIpc) is 2.99. The first-order chi connectivity index (χ1) is 10.5. The lowest BCUT2D eigenvalue weighted by molar-refractivity contribution is -0.123. The molecule has 0 spiro atoms. The summed E-state index contributed by atoms with van der Waals surface area (Å²) in [7, 11) is 0. The molecule has 0 bridgehead atoms. The number of amides is 2. The molecule has 0 aliphatic heterocycles. The lowest BCUT2D eigenvalue weighted by atomic mass is 10.1. The van der Waals surface area contributed by atoms with Gasteiger partial charge in [-0.3, -0.25) is 14.9 Å². The summed E-state index contributed by atoms with van der Waals surface area (Å²) >= 11 is 1.19. The van der Waals surface area contributed by atoms with Gasteiger partial charge in [0.1, 0.15) is 11.3 Å². The van der Waals surface area contributed by atoms with Gasteiger partial charge in [0, 0.05) is 0 Å². The predicted octanol–water partition coefficient (Wildman–Crippen LogP) is 1.88. The second kappa shape index (κ2) is 6.86. The molecule has 0 saturated heterocycles. The molecule has 0 unspecified atom stereocenters. The molecule has 2 amide bonds. The normalized spacial score (nSPS) is 10.0. The van der Waals surface area contributed by atoms with Crippen LogP contribution in [0.15, 0.2) is 35.7 Å². The zero-order chi connectivity index (χ0) is 16.1. The van der Waals surface area contributed by atoms with Crippen molar-refractivity contribution in [1.29, 1.82) is 0 Å². The first kappa shape index (κ1) is 15.7. The maximum Gasteiger partial charge on any atom is 0.342 e. The van der Waals surface area contributed by atoms with Gasteiger partial charge in [0.05, 0.1) is 4.88 Å². The summed E-state index contributed by atoms with van der Waals surface area (Å²) in [5, 5.41) is 13.5. The molecular weight excluding hydrogens is 306 g/mol. The minimum atomic E-state index is -0.837. The van der Waals surface area contributed by atoms with Gasteiger partial charge in [0.2, 0.25) is 0 Å². The van der Waals surface area contributed by atoms with Crippen LogP contribution in [-0.4, -0.2) is 29.5 Å². The fraction of sp³-hybridized carbons (Fsp3) is 0.133. The highest BCUT2D eigenvalue weighted by Gasteiger charge is 2.16. The van der Waals surface area contributed by atoms with E-state index in [9.17, 15) is 19.5 Å². The molecule has 0 atom stereocenters. The molecule has 0 saturated carbocycles. The van der Waals surface area contributed by atoms with E-state index in [1.165, 1.54) is 23.5 Å². The quantitative estimate of drug-likeness (QED) is 0.839. The zero-order valence-corrected chi connectivity index (χ0v) is 12.5. The van der Waals surface area contributed by atoms with Gasteiger partial charge >= 0.3 is 5.97 Å². The van der Waals surface area contributed by atoms with Crippen molar-refractivity contribution in [1.82, 2.24) is 5.32 Å². The van der Waals surface area contributed by atoms with E-state index >= 15 is 0 Å². The smallest absolute Gasteiger partial charge is 0.342 e. The van der Waals surface area contributed by atoms with Crippen molar-refractivity contribution < 1.29 is 24.2 Å². The van der Waals surface area contributed by atoms with E-state index in [0.29, 0.717) is 4.88 Å². The lowest BCUT2D eigenvalue weighted by Gasteiger charge is -2.07. The number of nitrogens with one attached hydrogen (secondary N) is 1. The third-order valence-corrected chi connectivity index (χ3v) is 3.57. The molecule has 1 heterocycles. The Bertz CT molecular complexity index is 709. The van der Waals surface area contributed by atoms with Crippen LogP contribution in [0, 0.1) is 6.92 Å². The average molecular weight is 319 g/mol. The highest BCUT2D eigenvalue weighted by Crippen LogP contribution is 2.19. The number of aryl methyl sites for hydroxylation is 1. The molecule has 1 aromatic heterocycles. The van der Waals surface area contributed by atoms with Gasteiger partial charge in [-0.1, -0.05) is 12.1 Å². The molecule has 2 rings (SSSR count). The Morgan fingerprint density at radius 2 is 2.05 bits per heavy atom. The number of phenols is 1. The first-order valence-electron chi connectivity index (χ1n) is 6.32. The summed E-state index contributed by atoms with van der Waals surface area (Å²) in [6, 6.07) is 7.71. The van der Waals surface area contributed by atoms with Crippen LogP contribution in [0.3, 0.4) is 0 Å². The summed E-state index contributed by atoms with van der Waals surface area (Å²) in [4.78, 5) is 35.3. The standard InChI is InChI=1S/C15H13NO5S/c1-9-4-5-10(11(17)7-9)15(20)21-8-13(18)16-14(19)12-3-2-6-22-12/h2-7,17H,8H2,1H3,(H,16,18,19). The minimum Gasteiger partial charge on any atom is -0.507 e. The fourth-order valence-corrected chi connectivity index (χ4v) is 2.27. The van der Waals surface area contributed by atoms with Crippen molar-refractivity contribution in [3.8, 4) is 5.75 Å². The third-order valence-electron chi connectivity index (χ3n) is 2.71. The number of benzene rings is 1. The van der Waals surface area contributed by atoms with E-state index in [1.807, 2.05) is 0 Å². The van der Waals surface area contributed by atoms with E-state index in [-0.39, 0.29) is 11.3 Å². The molecule has 114 valence electrons. The number of carbonyl (C=O) groups is 3. The molecule has 7 heteroatoms. The van der Waals surface area contributed by atoms with Gasteiger partial charge in [-0.05, 0) is 36.1 Å². The van der Waals surface area contributed by atoms with Gasteiger partial charge in [-0.15, -0.1) is 11.3 Å². The highest BCUT2D eigenvalue weighted by atomic mass is 32.1. The molecule has 1 aromatic carbocycles. The first-order valence-corrected chi connectivity index (χ1v) is 7.20. The summed E-state index contributed by atoms with van der Waals surface area (Å²) < 4.78 is 4.77. The number of esters is 1. The second-order valence-corrected chi connectivity index (χ2v) is 5.40. The predicted molar refractivity (Wildman–Crippen MR) is 79.9 cm³/mol. The van der Waals surface area contributed by atoms with Crippen molar-refractivity contribution >= 4 is 29.1 Å². The Balaban J connectivity index is 1.88. The number of ether oxygens (including phenoxy) is 1. The van der Waals surface area contributed by atoms with Crippen LogP contribution < -0.4 is 5.32 Å².